The molecular formula is C36H28CuN4. The number of fused-ring (bicyclic) bond motifs is 10. The molecule has 0 amide bonds. The van der Waals surface area contributed by atoms with E-state index < -0.39 is 0 Å². The van der Waals surface area contributed by atoms with Gasteiger partial charge in [-0.05, 0) is 85.0 Å². The van der Waals surface area contributed by atoms with Crippen LogP contribution in [0.4, 0.5) is 0 Å². The topological polar surface area (TPSA) is 51.6 Å². The fourth-order valence-electron chi connectivity index (χ4n) is 6.08. The molecule has 5 heteroatoms. The fraction of sp³-hybridized carbons (Fsp3) is 0.111. The molecule has 0 saturated carbocycles. The van der Waals surface area contributed by atoms with Gasteiger partial charge in [-0.1, -0.05) is 48.5 Å². The molecule has 8 rings (SSSR count). The van der Waals surface area contributed by atoms with E-state index in [1.807, 2.05) is 49.1 Å². The molecule has 0 spiro atoms. The van der Waals surface area contributed by atoms with E-state index in [1.54, 1.807) is 0 Å². The van der Waals surface area contributed by atoms with Crippen molar-refractivity contribution in [3.63, 3.8) is 0 Å². The van der Waals surface area contributed by atoms with Gasteiger partial charge in [-0.2, -0.15) is 0 Å². The summed E-state index contributed by atoms with van der Waals surface area (Å²) in [5.41, 5.74) is 9.23. The summed E-state index contributed by atoms with van der Waals surface area (Å²) in [4.78, 5) is 18.4. The van der Waals surface area contributed by atoms with Crippen molar-refractivity contribution in [1.82, 2.24) is 19.9 Å². The Kier molecular flexibility index (Phi) is 6.86. The van der Waals surface area contributed by atoms with Crippen LogP contribution in [0.5, 0.6) is 0 Å². The molecule has 0 aliphatic carbocycles. The zero-order chi connectivity index (χ0) is 27.4. The Hall–Kier alpha value is -4.44. The van der Waals surface area contributed by atoms with Crippen molar-refractivity contribution < 1.29 is 17.1 Å². The number of aromatic nitrogens is 4. The summed E-state index contributed by atoms with van der Waals surface area (Å²) in [6.45, 7) is 8.56. The van der Waals surface area contributed by atoms with Crippen LogP contribution in [0.1, 0.15) is 22.3 Å². The number of hydrogen-bond acceptors (Lipinski definition) is 4. The van der Waals surface area contributed by atoms with E-state index in [1.165, 1.54) is 54.6 Å². The maximum absolute atomic E-state index is 4.61. The largest absolute Gasteiger partial charge is 0.256 e. The first kappa shape index (κ1) is 26.8. The maximum Gasteiger partial charge on any atom is 0.0804 e. The third kappa shape index (κ3) is 4.39. The second-order valence-corrected chi connectivity index (χ2v) is 10.6. The summed E-state index contributed by atoms with van der Waals surface area (Å²) in [7, 11) is 0. The summed E-state index contributed by atoms with van der Waals surface area (Å²) < 4.78 is 0. The van der Waals surface area contributed by atoms with Gasteiger partial charge in [0.15, 0.2) is 0 Å². The molecule has 0 N–H and O–H groups in total. The summed E-state index contributed by atoms with van der Waals surface area (Å²) in [5, 5.41) is 9.58. The Morgan fingerprint density at radius 3 is 0.878 bits per heavy atom. The summed E-state index contributed by atoms with van der Waals surface area (Å²) in [6, 6.07) is 25.4. The standard InChI is InChI=1S/2C18H14N2.Cu/c2*1-11-9-13-10-12(2)15-6-4-8-20-18(15)16(13)17-14(11)5-3-7-19-17;/h2*3-10H,1-2H3;. The molecule has 41 heavy (non-hydrogen) atoms. The molecular weight excluding hydrogens is 552 g/mol. The van der Waals surface area contributed by atoms with Gasteiger partial charge in [0.25, 0.3) is 0 Å². The van der Waals surface area contributed by atoms with E-state index >= 15 is 0 Å². The van der Waals surface area contributed by atoms with E-state index in [0.717, 1.165) is 32.8 Å². The van der Waals surface area contributed by atoms with Gasteiger partial charge in [-0.25, -0.2) is 0 Å². The first-order chi connectivity index (χ1) is 19.5. The minimum Gasteiger partial charge on any atom is -0.256 e. The van der Waals surface area contributed by atoms with E-state index in [-0.39, 0.29) is 17.1 Å². The van der Waals surface area contributed by atoms with Crippen molar-refractivity contribution in [2.24, 2.45) is 0 Å². The first-order valence-electron chi connectivity index (χ1n) is 13.6. The van der Waals surface area contributed by atoms with Gasteiger partial charge in [-0.3, -0.25) is 19.9 Å². The molecule has 0 unspecified atom stereocenters. The fourth-order valence-corrected chi connectivity index (χ4v) is 6.08. The zero-order valence-corrected chi connectivity index (χ0v) is 24.3. The van der Waals surface area contributed by atoms with E-state index in [0.29, 0.717) is 0 Å². The third-order valence-electron chi connectivity index (χ3n) is 7.94. The van der Waals surface area contributed by atoms with Gasteiger partial charge in [0.05, 0.1) is 22.1 Å². The SMILES string of the molecule is Cc1cc2cc(C)c3cccnc3c2c2ncccc12.Cc1cc2cc(C)c3cccnc3c2c2ncccc12.[Cu]. The molecule has 0 aliphatic heterocycles. The normalized spacial score (nSPS) is 11.2. The summed E-state index contributed by atoms with van der Waals surface area (Å²) in [5.74, 6) is 0. The van der Waals surface area contributed by atoms with Crippen molar-refractivity contribution in [3.8, 4) is 0 Å². The molecule has 8 aromatic rings. The Labute approximate surface area is 249 Å². The molecule has 0 fully saturated rings. The number of rotatable bonds is 0. The van der Waals surface area contributed by atoms with Crippen LogP contribution in [-0.4, -0.2) is 19.9 Å². The van der Waals surface area contributed by atoms with Crippen molar-refractivity contribution in [2.45, 2.75) is 27.7 Å². The molecule has 0 saturated heterocycles. The predicted molar refractivity (Wildman–Crippen MR) is 168 cm³/mol. The second-order valence-electron chi connectivity index (χ2n) is 10.6. The Balaban J connectivity index is 0.000000144. The van der Waals surface area contributed by atoms with E-state index in [2.05, 4.69) is 96.2 Å². The number of pyridine rings is 4. The molecule has 4 aromatic heterocycles. The van der Waals surface area contributed by atoms with Crippen molar-refractivity contribution >= 4 is 65.2 Å². The van der Waals surface area contributed by atoms with Gasteiger partial charge >= 0.3 is 0 Å². The summed E-state index contributed by atoms with van der Waals surface area (Å²) >= 11 is 0. The molecule has 4 aromatic carbocycles. The average molecular weight is 580 g/mol. The molecule has 203 valence electrons. The van der Waals surface area contributed by atoms with Crippen LogP contribution in [0.2, 0.25) is 0 Å². The predicted octanol–water partition coefficient (Wildman–Crippen LogP) is 9.10. The zero-order valence-electron chi connectivity index (χ0n) is 23.3. The van der Waals surface area contributed by atoms with Gasteiger partial charge in [-0.15, -0.1) is 0 Å². The van der Waals surface area contributed by atoms with Gasteiger partial charge < -0.3 is 0 Å². The monoisotopic (exact) mass is 579 g/mol. The molecule has 1 radical (unpaired) electrons. The van der Waals surface area contributed by atoms with Gasteiger partial charge in [0, 0.05) is 74.2 Å². The Morgan fingerprint density at radius 2 is 0.634 bits per heavy atom. The molecule has 0 atom stereocenters. The molecule has 0 aliphatic rings. The second kappa shape index (κ2) is 10.5. The first-order valence-corrected chi connectivity index (χ1v) is 13.6. The van der Waals surface area contributed by atoms with Crippen LogP contribution >= 0.6 is 0 Å². The van der Waals surface area contributed by atoms with Crippen molar-refractivity contribution in [3.05, 3.63) is 120 Å². The average Bonchev–Trinajstić information content (AvgIpc) is 2.98. The quantitative estimate of drug-likeness (QED) is 0.133. The molecule has 4 heterocycles. The van der Waals surface area contributed by atoms with Crippen molar-refractivity contribution in [1.29, 1.82) is 0 Å². The summed E-state index contributed by atoms with van der Waals surface area (Å²) in [6.07, 6.45) is 7.43. The number of benzene rings is 4. The Morgan fingerprint density at radius 1 is 0.390 bits per heavy atom. The maximum atomic E-state index is 4.61. The van der Waals surface area contributed by atoms with Crippen LogP contribution in [0.15, 0.2) is 97.6 Å². The van der Waals surface area contributed by atoms with Crippen LogP contribution in [-0.2, 0) is 17.1 Å². The van der Waals surface area contributed by atoms with Crippen LogP contribution < -0.4 is 0 Å². The van der Waals surface area contributed by atoms with E-state index in [4.69, 9.17) is 0 Å². The van der Waals surface area contributed by atoms with Gasteiger partial charge in [0.1, 0.15) is 0 Å². The Bertz CT molecular complexity index is 1960. The number of aryl methyl sites for hydroxylation is 4. The number of nitrogens with zero attached hydrogens (tertiary/aromatic N) is 4. The smallest absolute Gasteiger partial charge is 0.0804 e. The minimum absolute atomic E-state index is 0. The molecule has 0 bridgehead atoms. The minimum atomic E-state index is 0. The van der Waals surface area contributed by atoms with Crippen LogP contribution in [0.25, 0.3) is 65.2 Å². The van der Waals surface area contributed by atoms with E-state index in [9.17, 15) is 0 Å². The number of hydrogen-bond donors (Lipinski definition) is 0. The van der Waals surface area contributed by atoms with Crippen LogP contribution in [0.3, 0.4) is 0 Å². The molecule has 4 nitrogen and oxygen atoms in total. The van der Waals surface area contributed by atoms with Crippen molar-refractivity contribution in [2.75, 3.05) is 0 Å². The van der Waals surface area contributed by atoms with Crippen LogP contribution in [0, 0.1) is 27.7 Å². The van der Waals surface area contributed by atoms with Gasteiger partial charge in [0.2, 0.25) is 0 Å². The third-order valence-corrected chi connectivity index (χ3v) is 7.94.